The molecule has 2 aliphatic rings. The molecule has 3 N–H and O–H groups in total. The van der Waals surface area contributed by atoms with Crippen LogP contribution in [-0.4, -0.2) is 43.0 Å². The van der Waals surface area contributed by atoms with Gasteiger partial charge in [-0.3, -0.25) is 4.79 Å². The van der Waals surface area contributed by atoms with Gasteiger partial charge in [-0.25, -0.2) is 0 Å². The van der Waals surface area contributed by atoms with E-state index in [1.165, 1.54) is 12.8 Å². The van der Waals surface area contributed by atoms with Crippen LogP contribution in [0.15, 0.2) is 0 Å². The van der Waals surface area contributed by atoms with Crippen LogP contribution in [0.3, 0.4) is 0 Å². The van der Waals surface area contributed by atoms with Gasteiger partial charge in [0, 0.05) is 6.54 Å². The van der Waals surface area contributed by atoms with Crippen molar-refractivity contribution in [3.05, 3.63) is 0 Å². The van der Waals surface area contributed by atoms with Crippen LogP contribution in [0.4, 0.5) is 0 Å². The highest BCUT2D eigenvalue weighted by molar-refractivity contribution is 5.86. The van der Waals surface area contributed by atoms with Gasteiger partial charge in [0.25, 0.3) is 0 Å². The van der Waals surface area contributed by atoms with Crippen molar-refractivity contribution in [3.8, 4) is 0 Å². The molecule has 0 bridgehead atoms. The molecule has 1 saturated carbocycles. The summed E-state index contributed by atoms with van der Waals surface area (Å²) in [5.41, 5.74) is 5.56. The summed E-state index contributed by atoms with van der Waals surface area (Å²) in [7, 11) is 2.15. The van der Waals surface area contributed by atoms with E-state index in [4.69, 9.17) is 5.73 Å². The van der Waals surface area contributed by atoms with Gasteiger partial charge >= 0.3 is 0 Å². The van der Waals surface area contributed by atoms with Crippen molar-refractivity contribution in [1.82, 2.24) is 10.2 Å². The van der Waals surface area contributed by atoms with E-state index >= 15 is 0 Å². The van der Waals surface area contributed by atoms with Gasteiger partial charge in [0.05, 0.1) is 5.54 Å². The maximum absolute atomic E-state index is 12.0. The number of amides is 1. The third-order valence-electron chi connectivity index (χ3n) is 4.34. The summed E-state index contributed by atoms with van der Waals surface area (Å²) in [4.78, 5) is 14.4. The summed E-state index contributed by atoms with van der Waals surface area (Å²) in [6, 6.07) is 0. The lowest BCUT2D eigenvalue weighted by molar-refractivity contribution is -0.126. The summed E-state index contributed by atoms with van der Waals surface area (Å²) in [6.07, 6.45) is 6.28. The van der Waals surface area contributed by atoms with Gasteiger partial charge in [-0.1, -0.05) is 12.8 Å². The van der Waals surface area contributed by atoms with Gasteiger partial charge in [0.15, 0.2) is 0 Å². The molecular weight excluding hydrogens is 214 g/mol. The predicted molar refractivity (Wildman–Crippen MR) is 68.6 cm³/mol. The zero-order valence-corrected chi connectivity index (χ0v) is 10.9. The first kappa shape index (κ1) is 12.8. The predicted octanol–water partition coefficient (Wildman–Crippen LogP) is 0.716. The largest absolute Gasteiger partial charge is 0.354 e. The minimum absolute atomic E-state index is 0.0777. The van der Waals surface area contributed by atoms with E-state index in [0.717, 1.165) is 45.3 Å². The SMILES string of the molecule is CN1CCC(CNC(=O)C2(N)CCCC2)CC1. The molecular formula is C13H25N3O. The molecule has 1 saturated heterocycles. The lowest BCUT2D eigenvalue weighted by Crippen LogP contribution is -2.53. The number of likely N-dealkylation sites (tertiary alicyclic amines) is 1. The summed E-state index contributed by atoms with van der Waals surface area (Å²) >= 11 is 0. The molecule has 2 fully saturated rings. The smallest absolute Gasteiger partial charge is 0.240 e. The third kappa shape index (κ3) is 3.19. The van der Waals surface area contributed by atoms with Gasteiger partial charge in [0.1, 0.15) is 0 Å². The van der Waals surface area contributed by atoms with E-state index in [1.54, 1.807) is 0 Å². The van der Waals surface area contributed by atoms with Gasteiger partial charge in [-0.05, 0) is 51.7 Å². The first-order valence-electron chi connectivity index (χ1n) is 6.86. The number of nitrogens with one attached hydrogen (secondary N) is 1. The second-order valence-corrected chi connectivity index (χ2v) is 5.82. The molecule has 0 unspecified atom stereocenters. The summed E-state index contributed by atoms with van der Waals surface area (Å²) < 4.78 is 0. The molecule has 1 heterocycles. The van der Waals surface area contributed by atoms with E-state index in [2.05, 4.69) is 17.3 Å². The van der Waals surface area contributed by atoms with Gasteiger partial charge in [-0.15, -0.1) is 0 Å². The van der Waals surface area contributed by atoms with Crippen molar-refractivity contribution in [2.24, 2.45) is 11.7 Å². The van der Waals surface area contributed by atoms with Crippen LogP contribution in [0.5, 0.6) is 0 Å². The first-order valence-corrected chi connectivity index (χ1v) is 6.86. The Bertz CT molecular complexity index is 266. The van der Waals surface area contributed by atoms with E-state index in [0.29, 0.717) is 5.92 Å². The van der Waals surface area contributed by atoms with Crippen LogP contribution in [0.2, 0.25) is 0 Å². The fourth-order valence-corrected chi connectivity index (χ4v) is 2.91. The third-order valence-corrected chi connectivity index (χ3v) is 4.34. The molecule has 0 aromatic rings. The van der Waals surface area contributed by atoms with Crippen LogP contribution in [0.1, 0.15) is 38.5 Å². The molecule has 0 aromatic carbocycles. The van der Waals surface area contributed by atoms with Gasteiger partial charge < -0.3 is 16.0 Å². The summed E-state index contributed by atoms with van der Waals surface area (Å²) in [6.45, 7) is 3.11. The van der Waals surface area contributed by atoms with E-state index < -0.39 is 5.54 Å². The van der Waals surface area contributed by atoms with Crippen molar-refractivity contribution < 1.29 is 4.79 Å². The average molecular weight is 239 g/mol. The molecule has 0 atom stereocenters. The number of hydrogen-bond donors (Lipinski definition) is 2. The van der Waals surface area contributed by atoms with Crippen LogP contribution in [-0.2, 0) is 4.79 Å². The Kier molecular flexibility index (Phi) is 4.05. The highest BCUT2D eigenvalue weighted by Crippen LogP contribution is 2.27. The Morgan fingerprint density at radius 3 is 2.53 bits per heavy atom. The maximum atomic E-state index is 12.0. The molecule has 17 heavy (non-hydrogen) atoms. The van der Waals surface area contributed by atoms with Crippen molar-refractivity contribution in [2.45, 2.75) is 44.1 Å². The molecule has 98 valence electrons. The normalized spacial score (nSPS) is 26.0. The minimum atomic E-state index is -0.564. The summed E-state index contributed by atoms with van der Waals surface area (Å²) in [5, 5.41) is 3.07. The fraction of sp³-hybridized carbons (Fsp3) is 0.923. The number of hydrogen-bond acceptors (Lipinski definition) is 3. The molecule has 1 aliphatic heterocycles. The lowest BCUT2D eigenvalue weighted by atomic mass is 9.95. The fourth-order valence-electron chi connectivity index (χ4n) is 2.91. The highest BCUT2D eigenvalue weighted by atomic mass is 16.2. The topological polar surface area (TPSA) is 58.4 Å². The van der Waals surface area contributed by atoms with E-state index in [9.17, 15) is 4.79 Å². The quantitative estimate of drug-likeness (QED) is 0.763. The standard InChI is InChI=1S/C13H25N3O/c1-16-8-4-11(5-9-16)10-15-12(17)13(14)6-2-3-7-13/h11H,2-10,14H2,1H3,(H,15,17). The number of nitrogens with two attached hydrogens (primary N) is 1. The molecule has 4 heteroatoms. The minimum Gasteiger partial charge on any atom is -0.354 e. The van der Waals surface area contributed by atoms with E-state index in [-0.39, 0.29) is 5.91 Å². The van der Waals surface area contributed by atoms with Crippen LogP contribution in [0, 0.1) is 5.92 Å². The monoisotopic (exact) mass is 239 g/mol. The second kappa shape index (κ2) is 5.36. The van der Waals surface area contributed by atoms with Gasteiger partial charge in [0.2, 0.25) is 5.91 Å². The second-order valence-electron chi connectivity index (χ2n) is 5.82. The average Bonchev–Trinajstić information content (AvgIpc) is 2.76. The zero-order valence-electron chi connectivity index (χ0n) is 10.9. The molecule has 2 rings (SSSR count). The van der Waals surface area contributed by atoms with Crippen LogP contribution in [0.25, 0.3) is 0 Å². The molecule has 0 radical (unpaired) electrons. The van der Waals surface area contributed by atoms with Crippen molar-refractivity contribution in [1.29, 1.82) is 0 Å². The van der Waals surface area contributed by atoms with Crippen molar-refractivity contribution >= 4 is 5.91 Å². The van der Waals surface area contributed by atoms with Crippen LogP contribution < -0.4 is 11.1 Å². The molecule has 0 aromatic heterocycles. The van der Waals surface area contributed by atoms with Gasteiger partial charge in [-0.2, -0.15) is 0 Å². The first-order chi connectivity index (χ1) is 8.10. The Labute approximate surface area is 104 Å². The Morgan fingerprint density at radius 2 is 1.94 bits per heavy atom. The number of carbonyl (C=O) groups excluding carboxylic acids is 1. The molecule has 1 aliphatic carbocycles. The van der Waals surface area contributed by atoms with E-state index in [1.807, 2.05) is 0 Å². The lowest BCUT2D eigenvalue weighted by Gasteiger charge is -2.30. The maximum Gasteiger partial charge on any atom is 0.240 e. The number of piperidine rings is 1. The number of carbonyl (C=O) groups is 1. The molecule has 0 spiro atoms. The highest BCUT2D eigenvalue weighted by Gasteiger charge is 2.36. The number of nitrogens with zero attached hydrogens (tertiary/aromatic N) is 1. The zero-order chi connectivity index (χ0) is 12.3. The molecule has 1 amide bonds. The van der Waals surface area contributed by atoms with Crippen LogP contribution >= 0.6 is 0 Å². The Balaban J connectivity index is 1.72. The summed E-state index contributed by atoms with van der Waals surface area (Å²) in [5.74, 6) is 0.717. The molecule has 4 nitrogen and oxygen atoms in total. The van der Waals surface area contributed by atoms with Crippen molar-refractivity contribution in [3.63, 3.8) is 0 Å². The number of rotatable bonds is 3. The Morgan fingerprint density at radius 1 is 1.35 bits per heavy atom. The Hall–Kier alpha value is -0.610. The van der Waals surface area contributed by atoms with Crippen molar-refractivity contribution in [2.75, 3.05) is 26.7 Å².